The Balaban J connectivity index is 4.18. The van der Waals surface area contributed by atoms with Crippen molar-refractivity contribution in [2.24, 2.45) is 0 Å². The molecule has 4 nitrogen and oxygen atoms in total. The maximum absolute atomic E-state index is 5.54. The van der Waals surface area contributed by atoms with Gasteiger partial charge in [0.2, 0.25) is 0 Å². The predicted molar refractivity (Wildman–Crippen MR) is 60.9 cm³/mol. The zero-order chi connectivity index (χ0) is 11.6. The highest BCUT2D eigenvalue weighted by atomic mass is 28.4. The number of hydrogen-bond donors (Lipinski definition) is 0. The monoisotopic (exact) mass is 235 g/mol. The fourth-order valence-electron chi connectivity index (χ4n) is 1.04. The molecule has 0 atom stereocenters. The van der Waals surface area contributed by atoms with Gasteiger partial charge in [-0.25, -0.2) is 0 Å². The first-order valence-electron chi connectivity index (χ1n) is 5.65. The normalized spacial score (nSPS) is 12.0. The number of unbranched alkanes of at least 4 members (excludes halogenated alkanes) is 1. The van der Waals surface area contributed by atoms with Crippen LogP contribution in [0, 0.1) is 6.61 Å². The summed E-state index contributed by atoms with van der Waals surface area (Å²) in [7, 11) is -2.89. The lowest BCUT2D eigenvalue weighted by molar-refractivity contribution is -0.0139. The second-order valence-electron chi connectivity index (χ2n) is 2.87. The third kappa shape index (κ3) is 6.27. The molecular weight excluding hydrogens is 212 g/mol. The van der Waals surface area contributed by atoms with Crippen LogP contribution in [-0.2, 0) is 17.7 Å². The number of hydrogen-bond acceptors (Lipinski definition) is 4. The maximum atomic E-state index is 5.54. The molecular formula is C10H23O4Si. The van der Waals surface area contributed by atoms with Gasteiger partial charge < -0.3 is 17.7 Å². The van der Waals surface area contributed by atoms with Crippen molar-refractivity contribution in [3.63, 3.8) is 0 Å². The van der Waals surface area contributed by atoms with Crippen molar-refractivity contribution >= 4 is 9.05 Å². The van der Waals surface area contributed by atoms with Crippen LogP contribution in [0.2, 0.25) is 0 Å². The highest BCUT2D eigenvalue weighted by molar-refractivity contribution is 6.53. The minimum absolute atomic E-state index is 0.534. The quantitative estimate of drug-likeness (QED) is 0.431. The van der Waals surface area contributed by atoms with Crippen LogP contribution in [0.3, 0.4) is 0 Å². The first-order valence-corrected chi connectivity index (χ1v) is 7.29. The van der Waals surface area contributed by atoms with Gasteiger partial charge >= 0.3 is 9.05 Å². The van der Waals surface area contributed by atoms with Crippen LogP contribution in [0.1, 0.15) is 40.5 Å². The lowest BCUT2D eigenvalue weighted by Crippen LogP contribution is -2.48. The molecule has 0 fully saturated rings. The molecule has 15 heavy (non-hydrogen) atoms. The Labute approximate surface area is 94.4 Å². The second kappa shape index (κ2) is 9.29. The summed E-state index contributed by atoms with van der Waals surface area (Å²) in [5.41, 5.74) is 0. The van der Waals surface area contributed by atoms with Crippen molar-refractivity contribution in [1.29, 1.82) is 0 Å². The van der Waals surface area contributed by atoms with E-state index in [2.05, 4.69) is 6.92 Å². The molecule has 0 aliphatic heterocycles. The molecule has 0 aromatic heterocycles. The summed E-state index contributed by atoms with van der Waals surface area (Å²) in [5.74, 6) is 0. The Morgan fingerprint density at radius 3 is 1.67 bits per heavy atom. The van der Waals surface area contributed by atoms with E-state index in [1.165, 1.54) is 0 Å². The molecule has 0 unspecified atom stereocenters. The molecule has 1 radical (unpaired) electrons. The third-order valence-corrected chi connectivity index (χ3v) is 3.98. The minimum Gasteiger partial charge on any atom is -0.351 e. The third-order valence-electron chi connectivity index (χ3n) is 1.60. The Bertz CT molecular complexity index is 126. The Morgan fingerprint density at radius 2 is 1.33 bits per heavy atom. The summed E-state index contributed by atoms with van der Waals surface area (Å²) in [5, 5.41) is 0. The predicted octanol–water partition coefficient (Wildman–Crippen LogP) is 2.51. The summed E-state index contributed by atoms with van der Waals surface area (Å²) in [4.78, 5) is 0. The van der Waals surface area contributed by atoms with Gasteiger partial charge in [0.25, 0.3) is 0 Å². The van der Waals surface area contributed by atoms with Crippen molar-refractivity contribution < 1.29 is 17.7 Å². The van der Waals surface area contributed by atoms with E-state index >= 15 is 0 Å². The molecule has 0 bridgehead atoms. The lowest BCUT2D eigenvalue weighted by Gasteiger charge is -2.26. The topological polar surface area (TPSA) is 36.9 Å². The van der Waals surface area contributed by atoms with Gasteiger partial charge in [-0.05, 0) is 27.2 Å². The van der Waals surface area contributed by atoms with E-state index in [0.29, 0.717) is 19.8 Å². The molecule has 0 aliphatic rings. The van der Waals surface area contributed by atoms with Crippen molar-refractivity contribution in [2.75, 3.05) is 19.8 Å². The number of rotatable bonds is 10. The van der Waals surface area contributed by atoms with E-state index in [4.69, 9.17) is 17.7 Å². The summed E-state index contributed by atoms with van der Waals surface area (Å²) >= 11 is 0. The Hall–Kier alpha value is 0.0569. The van der Waals surface area contributed by atoms with Crippen LogP contribution < -0.4 is 0 Å². The van der Waals surface area contributed by atoms with E-state index in [9.17, 15) is 0 Å². The van der Waals surface area contributed by atoms with Gasteiger partial charge in [-0.3, -0.25) is 0 Å². The van der Waals surface area contributed by atoms with Gasteiger partial charge in [0.15, 0.2) is 0 Å². The molecule has 0 saturated carbocycles. The molecule has 0 saturated heterocycles. The van der Waals surface area contributed by atoms with Gasteiger partial charge in [0.1, 0.15) is 0 Å². The van der Waals surface area contributed by atoms with E-state index < -0.39 is 9.05 Å². The first-order chi connectivity index (χ1) is 7.24. The summed E-state index contributed by atoms with van der Waals surface area (Å²) in [6.45, 7) is 11.1. The van der Waals surface area contributed by atoms with E-state index in [-0.39, 0.29) is 0 Å². The zero-order valence-electron chi connectivity index (χ0n) is 10.2. The largest absolute Gasteiger partial charge is 0.680 e. The van der Waals surface area contributed by atoms with Crippen LogP contribution >= 0.6 is 0 Å². The average molecular weight is 235 g/mol. The van der Waals surface area contributed by atoms with Crippen LogP contribution in [-0.4, -0.2) is 28.9 Å². The molecule has 0 spiro atoms. The van der Waals surface area contributed by atoms with Crippen LogP contribution in [0.5, 0.6) is 0 Å². The highest BCUT2D eigenvalue weighted by Crippen LogP contribution is 2.14. The van der Waals surface area contributed by atoms with Gasteiger partial charge in [0.05, 0.1) is 6.61 Å². The lowest BCUT2D eigenvalue weighted by atomic mass is 10.4. The van der Waals surface area contributed by atoms with Crippen molar-refractivity contribution in [3.05, 3.63) is 6.61 Å². The van der Waals surface area contributed by atoms with Crippen molar-refractivity contribution in [1.82, 2.24) is 0 Å². The fraction of sp³-hybridized carbons (Fsp3) is 0.900. The summed E-state index contributed by atoms with van der Waals surface area (Å²) < 4.78 is 22.0. The molecule has 0 aromatic carbocycles. The maximum Gasteiger partial charge on any atom is 0.680 e. The molecule has 0 amide bonds. The van der Waals surface area contributed by atoms with Crippen molar-refractivity contribution in [2.45, 2.75) is 40.5 Å². The van der Waals surface area contributed by atoms with Crippen LogP contribution in [0.25, 0.3) is 0 Å². The fourth-order valence-corrected chi connectivity index (χ4v) is 2.87. The molecule has 0 aliphatic carbocycles. The molecule has 0 heterocycles. The second-order valence-corrected chi connectivity index (χ2v) is 4.97. The SMILES string of the molecule is CCC[CH]O[Si](OCC)(OCC)OCC. The average Bonchev–Trinajstić information content (AvgIpc) is 2.19. The standard InChI is InChI=1S/C10H23O4Si/c1-5-9-10-14-15(11-6-2,12-7-3)13-8-4/h10H,5-9H2,1-4H3. The highest BCUT2D eigenvalue weighted by Gasteiger charge is 2.44. The van der Waals surface area contributed by atoms with E-state index in [0.717, 1.165) is 12.8 Å². The van der Waals surface area contributed by atoms with Crippen molar-refractivity contribution in [3.8, 4) is 0 Å². The van der Waals surface area contributed by atoms with Crippen LogP contribution in [0.15, 0.2) is 0 Å². The Morgan fingerprint density at radius 1 is 0.867 bits per heavy atom. The molecule has 5 heteroatoms. The smallest absolute Gasteiger partial charge is 0.351 e. The van der Waals surface area contributed by atoms with E-state index in [1.54, 1.807) is 6.61 Å². The van der Waals surface area contributed by atoms with Gasteiger partial charge in [-0.15, -0.1) is 0 Å². The minimum atomic E-state index is -2.89. The Kier molecular flexibility index (Phi) is 9.33. The molecule has 91 valence electrons. The summed E-state index contributed by atoms with van der Waals surface area (Å²) in [6.07, 6.45) is 1.91. The van der Waals surface area contributed by atoms with E-state index in [1.807, 2.05) is 20.8 Å². The summed E-state index contributed by atoms with van der Waals surface area (Å²) in [6, 6.07) is 0. The first kappa shape index (κ1) is 15.1. The molecule has 0 N–H and O–H groups in total. The van der Waals surface area contributed by atoms with Gasteiger partial charge in [0, 0.05) is 19.8 Å². The van der Waals surface area contributed by atoms with Crippen LogP contribution in [0.4, 0.5) is 0 Å². The molecule has 0 rings (SSSR count). The molecule has 0 aromatic rings. The zero-order valence-corrected chi connectivity index (χ0v) is 11.2. The van der Waals surface area contributed by atoms with Gasteiger partial charge in [-0.2, -0.15) is 0 Å². The van der Waals surface area contributed by atoms with Gasteiger partial charge in [-0.1, -0.05) is 13.3 Å².